The highest BCUT2D eigenvalue weighted by Gasteiger charge is 2.31. The van der Waals surface area contributed by atoms with Gasteiger partial charge in [-0.05, 0) is 30.0 Å². The molecule has 2 aromatic rings. The van der Waals surface area contributed by atoms with Gasteiger partial charge in [0.05, 0.1) is 5.92 Å². The van der Waals surface area contributed by atoms with Gasteiger partial charge >= 0.3 is 5.97 Å². The van der Waals surface area contributed by atoms with E-state index in [1.165, 1.54) is 0 Å². The number of likely N-dealkylation sites (tertiary alicyclic amines) is 1. The van der Waals surface area contributed by atoms with Crippen molar-refractivity contribution in [2.24, 2.45) is 5.92 Å². The Bertz CT molecular complexity index is 647. The zero-order chi connectivity index (χ0) is 13.4. The molecule has 2 heterocycles. The van der Waals surface area contributed by atoms with Crippen molar-refractivity contribution in [3.63, 3.8) is 0 Å². The monoisotopic (exact) mass is 258 g/mol. The van der Waals surface area contributed by atoms with Crippen LogP contribution in [0.15, 0.2) is 30.5 Å². The summed E-state index contributed by atoms with van der Waals surface area (Å²) in [5.74, 6) is -1.35. The maximum absolute atomic E-state index is 12.3. The summed E-state index contributed by atoms with van der Waals surface area (Å²) < 4.78 is 0. The molecular weight excluding hydrogens is 244 g/mol. The van der Waals surface area contributed by atoms with Crippen molar-refractivity contribution in [2.45, 2.75) is 6.42 Å². The minimum Gasteiger partial charge on any atom is -0.481 e. The summed E-state index contributed by atoms with van der Waals surface area (Å²) in [6.07, 6.45) is 2.36. The molecule has 98 valence electrons. The third-order valence-corrected chi connectivity index (χ3v) is 3.63. The van der Waals surface area contributed by atoms with Gasteiger partial charge in [0.25, 0.3) is 5.91 Å². The van der Waals surface area contributed by atoms with Gasteiger partial charge in [-0.2, -0.15) is 0 Å². The van der Waals surface area contributed by atoms with Gasteiger partial charge < -0.3 is 15.0 Å². The summed E-state index contributed by atoms with van der Waals surface area (Å²) in [6, 6.07) is 7.43. The fraction of sp³-hybridized carbons (Fsp3) is 0.286. The first-order chi connectivity index (χ1) is 9.15. The Morgan fingerprint density at radius 1 is 1.32 bits per heavy atom. The molecule has 0 spiro atoms. The minimum atomic E-state index is -0.824. The molecule has 1 unspecified atom stereocenters. The van der Waals surface area contributed by atoms with Crippen molar-refractivity contribution in [3.05, 3.63) is 36.0 Å². The number of carbonyl (C=O) groups is 2. The minimum absolute atomic E-state index is 0.0970. The Balaban J connectivity index is 1.82. The number of aliphatic carboxylic acids is 1. The van der Waals surface area contributed by atoms with Gasteiger partial charge in [-0.15, -0.1) is 0 Å². The van der Waals surface area contributed by atoms with Crippen LogP contribution in [0.3, 0.4) is 0 Å². The maximum Gasteiger partial charge on any atom is 0.308 e. The average molecular weight is 258 g/mol. The first-order valence-corrected chi connectivity index (χ1v) is 6.24. The van der Waals surface area contributed by atoms with Crippen LogP contribution in [-0.2, 0) is 4.79 Å². The van der Waals surface area contributed by atoms with E-state index in [1.807, 2.05) is 24.4 Å². The molecule has 0 aliphatic carbocycles. The second-order valence-electron chi connectivity index (χ2n) is 4.85. The maximum atomic E-state index is 12.3. The molecule has 1 saturated heterocycles. The van der Waals surface area contributed by atoms with E-state index >= 15 is 0 Å². The molecule has 3 rings (SSSR count). The Morgan fingerprint density at radius 3 is 2.89 bits per heavy atom. The van der Waals surface area contributed by atoms with Crippen LogP contribution in [0.5, 0.6) is 0 Å². The first kappa shape index (κ1) is 11.8. The largest absolute Gasteiger partial charge is 0.481 e. The predicted molar refractivity (Wildman–Crippen MR) is 69.9 cm³/mol. The number of nitrogens with one attached hydrogen (secondary N) is 1. The summed E-state index contributed by atoms with van der Waals surface area (Å²) in [5.41, 5.74) is 1.51. The van der Waals surface area contributed by atoms with E-state index in [0.29, 0.717) is 25.1 Å². The molecule has 2 N–H and O–H groups in total. The van der Waals surface area contributed by atoms with E-state index in [0.717, 1.165) is 10.9 Å². The number of nitrogens with zero attached hydrogens (tertiary/aromatic N) is 1. The number of fused-ring (bicyclic) bond motifs is 1. The molecule has 1 aromatic carbocycles. The number of aromatic amines is 1. The molecule has 5 heteroatoms. The van der Waals surface area contributed by atoms with Crippen molar-refractivity contribution < 1.29 is 14.7 Å². The Morgan fingerprint density at radius 2 is 2.16 bits per heavy atom. The lowest BCUT2D eigenvalue weighted by atomic mass is 10.1. The van der Waals surface area contributed by atoms with Gasteiger partial charge in [0.1, 0.15) is 0 Å². The first-order valence-electron chi connectivity index (χ1n) is 6.24. The average Bonchev–Trinajstić information content (AvgIpc) is 3.06. The van der Waals surface area contributed by atoms with Crippen LogP contribution in [0, 0.1) is 5.92 Å². The van der Waals surface area contributed by atoms with Gasteiger partial charge in [0.2, 0.25) is 0 Å². The summed E-state index contributed by atoms with van der Waals surface area (Å²) in [6.45, 7) is 0.815. The number of carboxylic acid groups (broad SMARTS) is 1. The number of rotatable bonds is 2. The van der Waals surface area contributed by atoms with Crippen LogP contribution < -0.4 is 0 Å². The molecule has 1 amide bonds. The third kappa shape index (κ3) is 2.07. The highest BCUT2D eigenvalue weighted by Crippen LogP contribution is 2.21. The lowest BCUT2D eigenvalue weighted by Gasteiger charge is -2.15. The molecule has 19 heavy (non-hydrogen) atoms. The van der Waals surface area contributed by atoms with E-state index in [4.69, 9.17) is 5.11 Å². The van der Waals surface area contributed by atoms with Crippen molar-refractivity contribution in [2.75, 3.05) is 13.1 Å². The Kier molecular flexibility index (Phi) is 2.74. The fourth-order valence-corrected chi connectivity index (χ4v) is 2.51. The van der Waals surface area contributed by atoms with Crippen LogP contribution >= 0.6 is 0 Å². The van der Waals surface area contributed by atoms with E-state index in [2.05, 4.69) is 4.98 Å². The molecule has 5 nitrogen and oxygen atoms in total. The van der Waals surface area contributed by atoms with Gasteiger partial charge in [0, 0.05) is 30.4 Å². The number of hydrogen-bond acceptors (Lipinski definition) is 2. The normalized spacial score (nSPS) is 18.9. The molecule has 0 saturated carbocycles. The van der Waals surface area contributed by atoms with E-state index in [1.54, 1.807) is 11.0 Å². The van der Waals surface area contributed by atoms with E-state index < -0.39 is 11.9 Å². The summed E-state index contributed by atoms with van der Waals surface area (Å²) in [5, 5.41) is 10.0. The van der Waals surface area contributed by atoms with Crippen molar-refractivity contribution >= 4 is 22.8 Å². The summed E-state index contributed by atoms with van der Waals surface area (Å²) in [4.78, 5) is 27.9. The smallest absolute Gasteiger partial charge is 0.308 e. The Labute approximate surface area is 109 Å². The highest BCUT2D eigenvalue weighted by atomic mass is 16.4. The molecule has 0 bridgehead atoms. The Hall–Kier alpha value is -2.30. The third-order valence-electron chi connectivity index (χ3n) is 3.63. The molecule has 0 radical (unpaired) electrons. The molecule has 1 aliphatic rings. The standard InChI is InChI=1S/C14H14N2O3/c17-13(16-6-4-11(8-16)14(18)19)10-2-1-9-3-5-15-12(9)7-10/h1-3,5,7,11,15H,4,6,8H2,(H,18,19). The lowest BCUT2D eigenvalue weighted by Crippen LogP contribution is -2.29. The molecule has 1 aromatic heterocycles. The predicted octanol–water partition coefficient (Wildman–Crippen LogP) is 1.71. The topological polar surface area (TPSA) is 73.4 Å². The number of amides is 1. The molecule has 1 aliphatic heterocycles. The number of benzene rings is 1. The second kappa shape index (κ2) is 4.42. The summed E-state index contributed by atoms with van der Waals surface area (Å²) >= 11 is 0. The fourth-order valence-electron chi connectivity index (χ4n) is 2.51. The number of H-pyrrole nitrogens is 1. The molecular formula is C14H14N2O3. The number of carboxylic acids is 1. The van der Waals surface area contributed by atoms with Crippen molar-refractivity contribution in [1.82, 2.24) is 9.88 Å². The van der Waals surface area contributed by atoms with Crippen LogP contribution in [0.1, 0.15) is 16.8 Å². The van der Waals surface area contributed by atoms with Gasteiger partial charge in [0.15, 0.2) is 0 Å². The van der Waals surface area contributed by atoms with Crippen LogP contribution in [-0.4, -0.2) is 40.0 Å². The van der Waals surface area contributed by atoms with Gasteiger partial charge in [-0.3, -0.25) is 9.59 Å². The molecule has 1 fully saturated rings. The van der Waals surface area contributed by atoms with Gasteiger partial charge in [-0.25, -0.2) is 0 Å². The SMILES string of the molecule is O=C(O)C1CCN(C(=O)c2ccc3cc[nH]c3c2)C1. The van der Waals surface area contributed by atoms with E-state index in [-0.39, 0.29) is 5.91 Å². The van der Waals surface area contributed by atoms with Gasteiger partial charge in [-0.1, -0.05) is 6.07 Å². The zero-order valence-electron chi connectivity index (χ0n) is 10.3. The number of hydrogen-bond donors (Lipinski definition) is 2. The van der Waals surface area contributed by atoms with E-state index in [9.17, 15) is 9.59 Å². The highest BCUT2D eigenvalue weighted by molar-refractivity contribution is 5.98. The number of carbonyl (C=O) groups excluding carboxylic acids is 1. The van der Waals surface area contributed by atoms with Crippen molar-refractivity contribution in [1.29, 1.82) is 0 Å². The number of aromatic nitrogens is 1. The van der Waals surface area contributed by atoms with Crippen LogP contribution in [0.2, 0.25) is 0 Å². The van der Waals surface area contributed by atoms with Crippen LogP contribution in [0.25, 0.3) is 10.9 Å². The second-order valence-corrected chi connectivity index (χ2v) is 4.85. The van der Waals surface area contributed by atoms with Crippen molar-refractivity contribution in [3.8, 4) is 0 Å². The lowest BCUT2D eigenvalue weighted by molar-refractivity contribution is -0.141. The van der Waals surface area contributed by atoms with Crippen LogP contribution in [0.4, 0.5) is 0 Å². The quantitative estimate of drug-likeness (QED) is 0.861. The molecule has 1 atom stereocenters. The summed E-state index contributed by atoms with van der Waals surface area (Å²) in [7, 11) is 0. The zero-order valence-corrected chi connectivity index (χ0v) is 10.3.